The molecule has 4 rings (SSSR count). The third-order valence-corrected chi connectivity index (χ3v) is 5.26. The third kappa shape index (κ3) is 4.56. The van der Waals surface area contributed by atoms with Crippen LogP contribution in [0, 0.1) is 0 Å². The van der Waals surface area contributed by atoms with Crippen LogP contribution >= 0.6 is 0 Å². The maximum absolute atomic E-state index is 13.0. The largest absolute Gasteiger partial charge is 0.444 e. The van der Waals surface area contributed by atoms with E-state index in [1.165, 1.54) is 6.33 Å². The van der Waals surface area contributed by atoms with Gasteiger partial charge in [0.1, 0.15) is 12.1 Å². The van der Waals surface area contributed by atoms with Gasteiger partial charge in [-0.25, -0.2) is 9.67 Å². The first-order valence-corrected chi connectivity index (χ1v) is 10.2. The van der Waals surface area contributed by atoms with Gasteiger partial charge < -0.3 is 9.32 Å². The lowest BCUT2D eigenvalue weighted by Crippen LogP contribution is -2.35. The summed E-state index contributed by atoms with van der Waals surface area (Å²) in [6, 6.07) is 7.35. The third-order valence-electron chi connectivity index (χ3n) is 5.26. The van der Waals surface area contributed by atoms with Gasteiger partial charge in [-0.1, -0.05) is 20.8 Å². The molecule has 0 N–H and O–H groups in total. The molecule has 0 saturated carbocycles. The molecule has 1 aliphatic heterocycles. The first kappa shape index (κ1) is 20.2. The van der Waals surface area contributed by atoms with E-state index in [0.717, 1.165) is 43.4 Å². The van der Waals surface area contributed by atoms with E-state index in [1.807, 2.05) is 35.4 Å². The molecular formula is C21H27N7O2. The van der Waals surface area contributed by atoms with Crippen molar-refractivity contribution in [3.8, 4) is 5.69 Å². The number of benzene rings is 1. The fraction of sp³-hybridized carbons (Fsp3) is 0.476. The van der Waals surface area contributed by atoms with Crippen molar-refractivity contribution >= 4 is 5.91 Å². The summed E-state index contributed by atoms with van der Waals surface area (Å²) < 4.78 is 7.49. The van der Waals surface area contributed by atoms with Gasteiger partial charge in [0.05, 0.1) is 18.4 Å². The van der Waals surface area contributed by atoms with Gasteiger partial charge in [-0.05, 0) is 41.1 Å². The summed E-state index contributed by atoms with van der Waals surface area (Å²) in [5, 5.41) is 11.1. The van der Waals surface area contributed by atoms with Gasteiger partial charge in [0, 0.05) is 37.2 Å². The van der Waals surface area contributed by atoms with Crippen LogP contribution in [0.25, 0.3) is 5.69 Å². The number of tetrazole rings is 1. The molecule has 158 valence electrons. The second kappa shape index (κ2) is 8.35. The van der Waals surface area contributed by atoms with Gasteiger partial charge in [0.2, 0.25) is 5.89 Å². The van der Waals surface area contributed by atoms with Crippen LogP contribution in [0.2, 0.25) is 0 Å². The van der Waals surface area contributed by atoms with E-state index in [0.29, 0.717) is 18.7 Å². The number of aromatic nitrogens is 5. The molecule has 0 spiro atoms. The Hall–Kier alpha value is -3.07. The number of nitrogens with zero attached hydrogens (tertiary/aromatic N) is 7. The highest BCUT2D eigenvalue weighted by molar-refractivity contribution is 5.94. The Morgan fingerprint density at radius 3 is 2.57 bits per heavy atom. The fourth-order valence-corrected chi connectivity index (χ4v) is 3.47. The number of hydrogen-bond acceptors (Lipinski definition) is 7. The molecule has 9 nitrogen and oxygen atoms in total. The van der Waals surface area contributed by atoms with Crippen LogP contribution < -0.4 is 0 Å². The number of hydrogen-bond donors (Lipinski definition) is 0. The van der Waals surface area contributed by atoms with Crippen LogP contribution in [-0.2, 0) is 12.0 Å². The van der Waals surface area contributed by atoms with Crippen molar-refractivity contribution in [3.05, 3.63) is 54.0 Å². The van der Waals surface area contributed by atoms with Crippen molar-refractivity contribution in [2.45, 2.75) is 39.2 Å². The minimum absolute atomic E-state index is 0.0475. The van der Waals surface area contributed by atoms with Crippen LogP contribution in [0.4, 0.5) is 0 Å². The summed E-state index contributed by atoms with van der Waals surface area (Å²) in [5.41, 5.74) is 1.44. The predicted octanol–water partition coefficient (Wildman–Crippen LogP) is 2.30. The summed E-state index contributed by atoms with van der Waals surface area (Å²) in [6.45, 7) is 10.1. The minimum Gasteiger partial charge on any atom is -0.444 e. The molecule has 9 heteroatoms. The van der Waals surface area contributed by atoms with Crippen molar-refractivity contribution in [2.24, 2.45) is 0 Å². The van der Waals surface area contributed by atoms with E-state index in [9.17, 15) is 4.79 Å². The lowest BCUT2D eigenvalue weighted by Gasteiger charge is -2.21. The molecular weight excluding hydrogens is 382 g/mol. The van der Waals surface area contributed by atoms with Crippen molar-refractivity contribution in [1.29, 1.82) is 0 Å². The zero-order chi connectivity index (χ0) is 21.1. The maximum atomic E-state index is 13.0. The number of carbonyl (C=O) groups is 1. The van der Waals surface area contributed by atoms with Crippen LogP contribution in [0.15, 0.2) is 41.2 Å². The maximum Gasteiger partial charge on any atom is 0.253 e. The molecule has 1 amide bonds. The van der Waals surface area contributed by atoms with Gasteiger partial charge >= 0.3 is 0 Å². The average Bonchev–Trinajstić information content (AvgIpc) is 3.37. The molecule has 0 radical (unpaired) electrons. The van der Waals surface area contributed by atoms with E-state index in [2.05, 4.69) is 46.2 Å². The van der Waals surface area contributed by atoms with E-state index in [4.69, 9.17) is 4.42 Å². The summed E-state index contributed by atoms with van der Waals surface area (Å²) in [7, 11) is 0. The highest BCUT2D eigenvalue weighted by Gasteiger charge is 2.23. The van der Waals surface area contributed by atoms with Gasteiger partial charge in [0.25, 0.3) is 5.91 Å². The van der Waals surface area contributed by atoms with Crippen molar-refractivity contribution < 1.29 is 9.21 Å². The highest BCUT2D eigenvalue weighted by atomic mass is 16.4. The Kier molecular flexibility index (Phi) is 5.63. The van der Waals surface area contributed by atoms with Crippen LogP contribution in [0.3, 0.4) is 0 Å². The van der Waals surface area contributed by atoms with Crippen molar-refractivity contribution in [3.63, 3.8) is 0 Å². The number of amides is 1. The normalized spacial score (nSPS) is 15.9. The molecule has 1 aliphatic rings. The predicted molar refractivity (Wildman–Crippen MR) is 110 cm³/mol. The second-order valence-corrected chi connectivity index (χ2v) is 8.59. The van der Waals surface area contributed by atoms with Crippen molar-refractivity contribution in [1.82, 2.24) is 35.0 Å². The molecule has 0 unspecified atom stereocenters. The van der Waals surface area contributed by atoms with E-state index in [1.54, 1.807) is 4.68 Å². The Morgan fingerprint density at radius 1 is 1.10 bits per heavy atom. The number of carbonyl (C=O) groups excluding carboxylic acids is 1. The summed E-state index contributed by atoms with van der Waals surface area (Å²) in [5.74, 6) is 1.68. The van der Waals surface area contributed by atoms with Gasteiger partial charge in [-0.15, -0.1) is 5.10 Å². The SMILES string of the molecule is CC(C)(C)c1cnc(CN2CCCN(C(=O)c3ccc(-n4cnnn4)cc3)CC2)o1. The number of oxazole rings is 1. The molecule has 0 aliphatic carbocycles. The van der Waals surface area contributed by atoms with Crippen LogP contribution in [0.5, 0.6) is 0 Å². The van der Waals surface area contributed by atoms with Crippen LogP contribution in [-0.4, -0.2) is 67.1 Å². The van der Waals surface area contributed by atoms with Gasteiger partial charge in [0.15, 0.2) is 0 Å². The highest BCUT2D eigenvalue weighted by Crippen LogP contribution is 2.23. The molecule has 1 fully saturated rings. The Labute approximate surface area is 175 Å². The Bertz CT molecular complexity index is 974. The monoisotopic (exact) mass is 409 g/mol. The molecule has 1 aromatic carbocycles. The van der Waals surface area contributed by atoms with E-state index < -0.39 is 0 Å². The fourth-order valence-electron chi connectivity index (χ4n) is 3.47. The molecule has 0 bridgehead atoms. The standard InChI is InChI=1S/C21H27N7O2/c1-21(2,3)18-13-22-19(30-18)14-26-9-4-10-27(12-11-26)20(29)16-5-7-17(8-6-16)28-15-23-24-25-28/h5-8,13,15H,4,9-12,14H2,1-3H3. The molecule has 3 heterocycles. The zero-order valence-corrected chi connectivity index (χ0v) is 17.7. The van der Waals surface area contributed by atoms with Crippen LogP contribution in [0.1, 0.15) is 49.2 Å². The van der Waals surface area contributed by atoms with Crippen molar-refractivity contribution in [2.75, 3.05) is 26.2 Å². The topological polar surface area (TPSA) is 93.2 Å². The molecule has 30 heavy (non-hydrogen) atoms. The Morgan fingerprint density at radius 2 is 1.90 bits per heavy atom. The molecule has 3 aromatic rings. The lowest BCUT2D eigenvalue weighted by molar-refractivity contribution is 0.0760. The first-order chi connectivity index (χ1) is 14.4. The summed E-state index contributed by atoms with van der Waals surface area (Å²) >= 11 is 0. The smallest absolute Gasteiger partial charge is 0.253 e. The van der Waals surface area contributed by atoms with Gasteiger partial charge in [-0.2, -0.15) is 0 Å². The van der Waals surface area contributed by atoms with E-state index >= 15 is 0 Å². The average molecular weight is 409 g/mol. The van der Waals surface area contributed by atoms with Gasteiger partial charge in [-0.3, -0.25) is 9.69 Å². The molecule has 2 aromatic heterocycles. The minimum atomic E-state index is -0.0484. The zero-order valence-electron chi connectivity index (χ0n) is 17.7. The molecule has 1 saturated heterocycles. The first-order valence-electron chi connectivity index (χ1n) is 10.2. The quantitative estimate of drug-likeness (QED) is 0.653. The lowest BCUT2D eigenvalue weighted by atomic mass is 9.94. The number of rotatable bonds is 4. The second-order valence-electron chi connectivity index (χ2n) is 8.59. The molecule has 0 atom stereocenters. The summed E-state index contributed by atoms with van der Waals surface area (Å²) in [4.78, 5) is 21.6. The Balaban J connectivity index is 1.35. The summed E-state index contributed by atoms with van der Waals surface area (Å²) in [6.07, 6.45) is 4.27. The van der Waals surface area contributed by atoms with E-state index in [-0.39, 0.29) is 11.3 Å².